The third-order valence-electron chi connectivity index (χ3n) is 8.80. The summed E-state index contributed by atoms with van der Waals surface area (Å²) in [6, 6.07) is 1.49. The van der Waals surface area contributed by atoms with Crippen molar-refractivity contribution in [2.24, 2.45) is 17.6 Å². The Balaban J connectivity index is 1.61. The molecule has 1 saturated carbocycles. The maximum absolute atomic E-state index is 14.1. The van der Waals surface area contributed by atoms with Crippen LogP contribution in [0.2, 0.25) is 0 Å². The molecule has 0 aliphatic heterocycles. The zero-order valence-corrected chi connectivity index (χ0v) is 23.9. The third-order valence-corrected chi connectivity index (χ3v) is 8.80. The Labute approximate surface area is 245 Å². The molecule has 1 aromatic carbocycles. The summed E-state index contributed by atoms with van der Waals surface area (Å²) in [5, 5.41) is 63.7. The number of Topliss-reactive ketones (excluding diaryl/α,β-unsaturated/α-hetero) is 2. The first-order valence-electron chi connectivity index (χ1n) is 13.7. The fraction of sp³-hybridized carbons (Fsp3) is 0.414. The minimum atomic E-state index is -3.01. The number of hydrogen-bond acceptors (Lipinski definition) is 11. The maximum atomic E-state index is 14.1. The van der Waals surface area contributed by atoms with Crippen LogP contribution in [-0.4, -0.2) is 95.4 Å². The van der Waals surface area contributed by atoms with Crippen molar-refractivity contribution in [3.05, 3.63) is 58.1 Å². The number of phenolic OH excluding ortho intramolecular Hbond substituents is 1. The number of nitrogens with two attached hydrogens (primary N) is 1. The molecular weight excluding hydrogens is 562 g/mol. The quantitative estimate of drug-likeness (QED) is 0.172. The number of primary amides is 1. The molecule has 0 radical (unpaired) electrons. The Kier molecular flexibility index (Phi) is 7.19. The van der Waals surface area contributed by atoms with Crippen molar-refractivity contribution in [1.29, 1.82) is 0 Å². The fourth-order valence-electron chi connectivity index (χ4n) is 6.73. The lowest BCUT2D eigenvalue weighted by Gasteiger charge is -2.53. The molecule has 1 aromatic heterocycles. The number of phenols is 1. The van der Waals surface area contributed by atoms with Crippen LogP contribution in [0.1, 0.15) is 36.5 Å². The molecule has 2 amide bonds. The first kappa shape index (κ1) is 29.9. The van der Waals surface area contributed by atoms with E-state index in [1.165, 1.54) is 35.8 Å². The summed E-state index contributed by atoms with van der Waals surface area (Å²) in [5.74, 6) is -10.4. The Morgan fingerprint density at radius 3 is 2.44 bits per heavy atom. The predicted molar refractivity (Wildman–Crippen MR) is 151 cm³/mol. The van der Waals surface area contributed by atoms with Gasteiger partial charge in [0.25, 0.3) is 5.91 Å². The molecule has 3 aliphatic carbocycles. The second kappa shape index (κ2) is 10.3. The molecule has 14 heteroatoms. The van der Waals surface area contributed by atoms with Crippen LogP contribution >= 0.6 is 0 Å². The van der Waals surface area contributed by atoms with E-state index in [0.717, 1.165) is 12.0 Å². The smallest absolute Gasteiger partial charge is 0.255 e. The molecular formula is C29H33N5O9. The highest BCUT2D eigenvalue weighted by atomic mass is 16.4. The topological polar surface area (TPSA) is 229 Å². The Hall–Kier alpha value is -4.53. The molecule has 43 heavy (non-hydrogen) atoms. The van der Waals surface area contributed by atoms with Gasteiger partial charge in [-0.05, 0) is 43.6 Å². The number of likely N-dealkylation sites (N-methyl/N-ethyl adjacent to an activating group) is 1. The van der Waals surface area contributed by atoms with Gasteiger partial charge in [-0.25, -0.2) is 0 Å². The van der Waals surface area contributed by atoms with E-state index in [0.29, 0.717) is 5.56 Å². The van der Waals surface area contributed by atoms with Gasteiger partial charge in [0.1, 0.15) is 29.4 Å². The number of hydrogen-bond donors (Lipinski definition) is 7. The van der Waals surface area contributed by atoms with Crippen molar-refractivity contribution in [1.82, 2.24) is 14.7 Å². The Morgan fingerprint density at radius 1 is 1.19 bits per heavy atom. The number of carbonyl (C=O) groups excluding carboxylic acids is 4. The summed E-state index contributed by atoms with van der Waals surface area (Å²) < 4.78 is 1.42. The summed E-state index contributed by atoms with van der Waals surface area (Å²) in [4.78, 5) is 53.5. The zero-order valence-electron chi connectivity index (χ0n) is 23.9. The van der Waals surface area contributed by atoms with Crippen LogP contribution in [0, 0.1) is 11.8 Å². The highest BCUT2D eigenvalue weighted by molar-refractivity contribution is 6.24. The van der Waals surface area contributed by atoms with Crippen LogP contribution < -0.4 is 11.1 Å². The van der Waals surface area contributed by atoms with Crippen LogP contribution in [0.5, 0.6) is 5.75 Å². The Bertz CT molecular complexity index is 1640. The van der Waals surface area contributed by atoms with Gasteiger partial charge in [0.05, 0.1) is 35.5 Å². The normalized spacial score (nSPS) is 28.5. The zero-order chi connectivity index (χ0) is 31.7. The first-order chi connectivity index (χ1) is 20.2. The molecule has 14 nitrogen and oxygen atoms in total. The molecule has 5 unspecified atom stereocenters. The van der Waals surface area contributed by atoms with Crippen LogP contribution in [0.15, 0.2) is 41.4 Å². The maximum Gasteiger partial charge on any atom is 0.255 e. The van der Waals surface area contributed by atoms with Gasteiger partial charge in [-0.15, -0.1) is 0 Å². The number of aliphatic hydroxyl groups excluding tert-OH is 3. The molecule has 6 atom stereocenters. The second-order valence-electron chi connectivity index (χ2n) is 11.4. The van der Waals surface area contributed by atoms with E-state index in [-0.39, 0.29) is 17.8 Å². The molecule has 2 aromatic rings. The first-order valence-corrected chi connectivity index (χ1v) is 13.7. The van der Waals surface area contributed by atoms with Gasteiger partial charge < -0.3 is 36.6 Å². The number of aromatic hydroxyl groups is 1. The molecule has 3 aliphatic rings. The van der Waals surface area contributed by atoms with Crippen LogP contribution in [0.25, 0.3) is 5.76 Å². The minimum absolute atomic E-state index is 0.0838. The van der Waals surface area contributed by atoms with E-state index >= 15 is 0 Å². The number of rotatable bonds is 6. The van der Waals surface area contributed by atoms with E-state index in [4.69, 9.17) is 5.73 Å². The number of carbonyl (C=O) groups is 4. The van der Waals surface area contributed by atoms with Gasteiger partial charge in [0.15, 0.2) is 11.4 Å². The van der Waals surface area contributed by atoms with Crippen molar-refractivity contribution >= 4 is 34.8 Å². The largest absolute Gasteiger partial charge is 0.508 e. The summed E-state index contributed by atoms with van der Waals surface area (Å²) in [5.41, 5.74) is 1.76. The number of benzene rings is 1. The molecule has 5 rings (SSSR count). The average molecular weight is 596 g/mol. The highest BCUT2D eigenvalue weighted by Crippen LogP contribution is 2.56. The third kappa shape index (κ3) is 4.24. The van der Waals surface area contributed by atoms with Crippen LogP contribution in [-0.2, 0) is 32.1 Å². The van der Waals surface area contributed by atoms with E-state index in [1.807, 2.05) is 6.92 Å². The number of nitrogens with one attached hydrogen (secondary N) is 1. The highest BCUT2D eigenvalue weighted by Gasteiger charge is 2.68. The van der Waals surface area contributed by atoms with Crippen molar-refractivity contribution in [2.45, 2.75) is 50.5 Å². The summed E-state index contributed by atoms with van der Waals surface area (Å²) >= 11 is 0. The van der Waals surface area contributed by atoms with Crippen molar-refractivity contribution in [2.75, 3.05) is 19.4 Å². The van der Waals surface area contributed by atoms with Crippen molar-refractivity contribution in [3.63, 3.8) is 0 Å². The summed E-state index contributed by atoms with van der Waals surface area (Å²) in [7, 11) is 2.87. The van der Waals surface area contributed by atoms with Gasteiger partial charge in [0, 0.05) is 17.7 Å². The summed E-state index contributed by atoms with van der Waals surface area (Å²) in [6.45, 7) is 3.40. The molecule has 8 N–H and O–H groups in total. The lowest BCUT2D eigenvalue weighted by Crippen LogP contribution is -2.70. The average Bonchev–Trinajstić information content (AvgIpc) is 3.39. The van der Waals surface area contributed by atoms with Gasteiger partial charge >= 0.3 is 0 Å². The lowest BCUT2D eigenvalue weighted by molar-refractivity contribution is -0.169. The number of amides is 2. The molecule has 0 spiro atoms. The molecule has 1 heterocycles. The van der Waals surface area contributed by atoms with Crippen molar-refractivity contribution < 1.29 is 44.7 Å². The fourth-order valence-corrected chi connectivity index (χ4v) is 6.73. The van der Waals surface area contributed by atoms with Gasteiger partial charge in [-0.1, -0.05) is 19.9 Å². The van der Waals surface area contributed by atoms with E-state index in [9.17, 15) is 44.7 Å². The number of anilines is 1. The second-order valence-corrected chi connectivity index (χ2v) is 11.4. The Morgan fingerprint density at radius 2 is 1.86 bits per heavy atom. The standard InChI is InChI=1S/C29H33N5O9/c1-5-12-8-31-34(9-12)10-15(35)32-14-7-6-13-11(2)16-18(23(37)17(13)22(14)36)26(40)29(43)20(24(16)38)21(33(3)4)25(39)19(27(29)41)28(30)42/h6-9,11,16,20-21,24,36-38,41,43H,5,10H2,1-4H3,(H2,30,42)(H,32,35)/t11?,16?,20?,21-,24?,29?/m0/s1. The molecule has 0 bridgehead atoms. The minimum Gasteiger partial charge on any atom is -0.508 e. The van der Waals surface area contributed by atoms with E-state index in [2.05, 4.69) is 10.4 Å². The van der Waals surface area contributed by atoms with E-state index < -0.39 is 87.3 Å². The van der Waals surface area contributed by atoms with Gasteiger partial charge in [-0.3, -0.25) is 28.8 Å². The number of aliphatic hydroxyl groups is 4. The van der Waals surface area contributed by atoms with Crippen LogP contribution in [0.4, 0.5) is 5.69 Å². The van der Waals surface area contributed by atoms with Crippen molar-refractivity contribution in [3.8, 4) is 5.75 Å². The van der Waals surface area contributed by atoms with Gasteiger partial charge in [-0.2, -0.15) is 5.10 Å². The lowest BCUT2D eigenvalue weighted by atomic mass is 9.54. The molecule has 228 valence electrons. The molecule has 1 fully saturated rings. The van der Waals surface area contributed by atoms with E-state index in [1.54, 1.807) is 19.3 Å². The number of ketones is 2. The SMILES string of the molecule is CCc1cnn(CC(=O)Nc2ccc3c(c2O)C(O)=C2C(=O)C4(O)C(O)=C(C(N)=O)C(=O)[C@@H](N(C)C)C4C(O)C2C3C)c1. The number of aryl methyl sites for hydroxylation is 1. The number of nitrogens with zero attached hydrogens (tertiary/aromatic N) is 3. The predicted octanol–water partition coefficient (Wildman–Crippen LogP) is -0.107. The summed E-state index contributed by atoms with van der Waals surface area (Å²) in [6.07, 6.45) is 2.37. The number of fused-ring (bicyclic) bond motifs is 3. The number of aromatic nitrogens is 2. The monoisotopic (exact) mass is 595 g/mol. The van der Waals surface area contributed by atoms with Gasteiger partial charge in [0.2, 0.25) is 11.7 Å². The molecule has 0 saturated heterocycles. The van der Waals surface area contributed by atoms with Crippen LogP contribution in [0.3, 0.4) is 0 Å².